The van der Waals surface area contributed by atoms with Gasteiger partial charge >= 0.3 is 17.9 Å². The van der Waals surface area contributed by atoms with Gasteiger partial charge in [0.25, 0.3) is 0 Å². The molecule has 0 aromatic heterocycles. The lowest BCUT2D eigenvalue weighted by Crippen LogP contribution is -2.44. The van der Waals surface area contributed by atoms with Crippen LogP contribution >= 0.6 is 0 Å². The molecule has 8 nitrogen and oxygen atoms in total. The Morgan fingerprint density at radius 1 is 1.08 bits per heavy atom. The van der Waals surface area contributed by atoms with Crippen molar-refractivity contribution in [3.8, 4) is 0 Å². The average Bonchev–Trinajstić information content (AvgIpc) is 2.54. The Bertz CT molecular complexity index is 487. The van der Waals surface area contributed by atoms with Gasteiger partial charge in [0.15, 0.2) is 12.4 Å². The maximum atomic E-state index is 11.9. The van der Waals surface area contributed by atoms with Crippen LogP contribution < -0.4 is 0 Å². The molecule has 1 aliphatic heterocycles. The highest BCUT2D eigenvalue weighted by molar-refractivity contribution is 5.74. The van der Waals surface area contributed by atoms with Crippen molar-refractivity contribution >= 4 is 17.9 Å². The summed E-state index contributed by atoms with van der Waals surface area (Å²) in [7, 11) is 0. The molecule has 1 aliphatic rings. The zero-order valence-corrected chi connectivity index (χ0v) is 15.1. The first-order valence-corrected chi connectivity index (χ1v) is 8.33. The Morgan fingerprint density at radius 2 is 1.80 bits per heavy atom. The molecular weight excluding hydrogens is 332 g/mol. The Hall–Kier alpha value is -1.93. The van der Waals surface area contributed by atoms with Gasteiger partial charge in [-0.25, -0.2) is 4.79 Å². The number of hydrogen-bond acceptors (Lipinski definition) is 8. The summed E-state index contributed by atoms with van der Waals surface area (Å²) in [4.78, 5) is 34.2. The summed E-state index contributed by atoms with van der Waals surface area (Å²) in [5.41, 5.74) is 0. The number of ether oxygens (including phenoxy) is 5. The summed E-state index contributed by atoms with van der Waals surface area (Å²) in [6.07, 6.45) is 1.32. The van der Waals surface area contributed by atoms with Gasteiger partial charge in [0.2, 0.25) is 0 Å². The summed E-state index contributed by atoms with van der Waals surface area (Å²) in [6.45, 7) is 6.34. The van der Waals surface area contributed by atoms with Gasteiger partial charge in [-0.3, -0.25) is 9.59 Å². The number of rotatable bonds is 9. The van der Waals surface area contributed by atoms with Crippen LogP contribution in [0.1, 0.15) is 40.5 Å². The minimum atomic E-state index is -0.840. The van der Waals surface area contributed by atoms with Crippen LogP contribution in [0.4, 0.5) is 0 Å². The first-order chi connectivity index (χ1) is 11.9. The molecule has 142 valence electrons. The van der Waals surface area contributed by atoms with E-state index in [0.717, 1.165) is 6.42 Å². The van der Waals surface area contributed by atoms with Crippen molar-refractivity contribution in [1.82, 2.24) is 0 Å². The number of hydrogen-bond donors (Lipinski definition) is 0. The van der Waals surface area contributed by atoms with E-state index in [1.54, 1.807) is 19.1 Å². The standard InChI is InChI=1S/C17H26O8/c1-5-7-14(17(20)21-6-2)24-16-9-8-13(23-12(4)19)15(25-16)10-22-11(3)18/h8-9,13-16H,5-7,10H2,1-4H3/t13-,14?,15+,16-/m0/s1. The molecule has 1 rings (SSSR count). The quantitative estimate of drug-likeness (QED) is 0.348. The predicted molar refractivity (Wildman–Crippen MR) is 86.4 cm³/mol. The third-order valence-corrected chi connectivity index (χ3v) is 3.28. The highest BCUT2D eigenvalue weighted by Crippen LogP contribution is 2.20. The maximum Gasteiger partial charge on any atom is 0.335 e. The first-order valence-electron chi connectivity index (χ1n) is 8.33. The molecule has 0 aromatic carbocycles. The SMILES string of the molecule is CCCC(O[C@@H]1C=C[C@H](OC(C)=O)[C@@H](COC(C)=O)O1)C(=O)OCC. The lowest BCUT2D eigenvalue weighted by Gasteiger charge is -2.32. The maximum absolute atomic E-state index is 11.9. The molecule has 0 saturated carbocycles. The van der Waals surface area contributed by atoms with Crippen molar-refractivity contribution < 1.29 is 38.1 Å². The molecule has 8 heteroatoms. The minimum absolute atomic E-state index is 0.102. The van der Waals surface area contributed by atoms with Gasteiger partial charge in [0, 0.05) is 13.8 Å². The summed E-state index contributed by atoms with van der Waals surface area (Å²) >= 11 is 0. The van der Waals surface area contributed by atoms with Crippen LogP contribution in [0.2, 0.25) is 0 Å². The van der Waals surface area contributed by atoms with Crippen LogP contribution in [0.3, 0.4) is 0 Å². The van der Waals surface area contributed by atoms with E-state index in [4.69, 9.17) is 23.7 Å². The molecule has 25 heavy (non-hydrogen) atoms. The number of esters is 3. The molecule has 1 heterocycles. The van der Waals surface area contributed by atoms with E-state index in [-0.39, 0.29) is 13.2 Å². The van der Waals surface area contributed by atoms with E-state index in [1.165, 1.54) is 13.8 Å². The fourth-order valence-electron chi connectivity index (χ4n) is 2.24. The van der Waals surface area contributed by atoms with Crippen LogP contribution in [0.15, 0.2) is 12.2 Å². The van der Waals surface area contributed by atoms with E-state index < -0.39 is 42.5 Å². The molecule has 0 spiro atoms. The summed E-state index contributed by atoms with van der Waals surface area (Å²) < 4.78 is 26.4. The normalized spacial score (nSPS) is 23.6. The Labute approximate surface area is 147 Å². The van der Waals surface area contributed by atoms with Crippen molar-refractivity contribution in [3.63, 3.8) is 0 Å². The summed E-state index contributed by atoms with van der Waals surface area (Å²) in [6, 6.07) is 0. The van der Waals surface area contributed by atoms with Crippen molar-refractivity contribution in [2.45, 2.75) is 65.1 Å². The molecule has 1 unspecified atom stereocenters. The van der Waals surface area contributed by atoms with Crippen molar-refractivity contribution in [2.75, 3.05) is 13.2 Å². The van der Waals surface area contributed by atoms with Gasteiger partial charge in [-0.05, 0) is 25.5 Å². The molecule has 0 saturated heterocycles. The second-order valence-electron chi connectivity index (χ2n) is 5.47. The van der Waals surface area contributed by atoms with E-state index in [2.05, 4.69) is 0 Å². The lowest BCUT2D eigenvalue weighted by atomic mass is 10.1. The molecule has 4 atom stereocenters. The molecular formula is C17H26O8. The number of carbonyl (C=O) groups is 3. The Morgan fingerprint density at radius 3 is 2.36 bits per heavy atom. The highest BCUT2D eigenvalue weighted by atomic mass is 16.7. The molecule has 0 N–H and O–H groups in total. The van der Waals surface area contributed by atoms with Crippen LogP contribution in [0, 0.1) is 0 Å². The summed E-state index contributed by atoms with van der Waals surface area (Å²) in [5, 5.41) is 0. The van der Waals surface area contributed by atoms with E-state index in [9.17, 15) is 14.4 Å². The van der Waals surface area contributed by atoms with Gasteiger partial charge < -0.3 is 23.7 Å². The molecule has 0 radical (unpaired) electrons. The van der Waals surface area contributed by atoms with Gasteiger partial charge in [0.1, 0.15) is 18.8 Å². The summed E-state index contributed by atoms with van der Waals surface area (Å²) in [5.74, 6) is -1.42. The zero-order valence-electron chi connectivity index (χ0n) is 15.1. The Kier molecular flexibility index (Phi) is 9.15. The van der Waals surface area contributed by atoms with E-state index >= 15 is 0 Å². The fourth-order valence-corrected chi connectivity index (χ4v) is 2.24. The molecule has 0 amide bonds. The smallest absolute Gasteiger partial charge is 0.335 e. The van der Waals surface area contributed by atoms with Crippen molar-refractivity contribution in [3.05, 3.63) is 12.2 Å². The molecule has 0 aromatic rings. The average molecular weight is 358 g/mol. The van der Waals surface area contributed by atoms with Gasteiger partial charge in [-0.1, -0.05) is 13.3 Å². The fraction of sp³-hybridized carbons (Fsp3) is 0.706. The first kappa shape index (κ1) is 21.1. The van der Waals surface area contributed by atoms with Crippen LogP contribution in [0.25, 0.3) is 0 Å². The topological polar surface area (TPSA) is 97.4 Å². The van der Waals surface area contributed by atoms with Crippen LogP contribution in [-0.4, -0.2) is 55.7 Å². The van der Waals surface area contributed by atoms with Gasteiger partial charge in [0.05, 0.1) is 6.61 Å². The van der Waals surface area contributed by atoms with E-state index in [1.807, 2.05) is 6.92 Å². The Balaban J connectivity index is 2.77. The lowest BCUT2D eigenvalue weighted by molar-refractivity contribution is -0.216. The molecule has 0 aliphatic carbocycles. The molecule has 0 bridgehead atoms. The minimum Gasteiger partial charge on any atom is -0.464 e. The second-order valence-corrected chi connectivity index (χ2v) is 5.47. The largest absolute Gasteiger partial charge is 0.464 e. The van der Waals surface area contributed by atoms with E-state index in [0.29, 0.717) is 6.42 Å². The van der Waals surface area contributed by atoms with Crippen LogP contribution in [-0.2, 0) is 38.1 Å². The van der Waals surface area contributed by atoms with Crippen molar-refractivity contribution in [2.24, 2.45) is 0 Å². The third kappa shape index (κ3) is 7.66. The van der Waals surface area contributed by atoms with Crippen molar-refractivity contribution in [1.29, 1.82) is 0 Å². The highest BCUT2D eigenvalue weighted by Gasteiger charge is 2.33. The number of carbonyl (C=O) groups excluding carboxylic acids is 3. The van der Waals surface area contributed by atoms with Gasteiger partial charge in [-0.2, -0.15) is 0 Å². The second kappa shape index (κ2) is 10.8. The third-order valence-electron chi connectivity index (χ3n) is 3.28. The monoisotopic (exact) mass is 358 g/mol. The molecule has 0 fully saturated rings. The van der Waals surface area contributed by atoms with Crippen LogP contribution in [0.5, 0.6) is 0 Å². The van der Waals surface area contributed by atoms with Gasteiger partial charge in [-0.15, -0.1) is 0 Å². The predicted octanol–water partition coefficient (Wildman–Crippen LogP) is 1.51. The zero-order chi connectivity index (χ0) is 18.8.